The van der Waals surface area contributed by atoms with E-state index in [1.807, 2.05) is 49.9 Å². The average molecular weight is 336 g/mol. The molecule has 2 unspecified atom stereocenters. The van der Waals surface area contributed by atoms with Gasteiger partial charge >= 0.3 is 6.09 Å². The summed E-state index contributed by atoms with van der Waals surface area (Å²) in [6, 6.07) is 8.07. The van der Waals surface area contributed by atoms with Crippen molar-refractivity contribution in [2.75, 3.05) is 19.6 Å². The SMILES string of the molecule is CC(C)(C)N(CCc1ccc(CN2CC(O)C(O)C2)cc1)C(=O)O. The molecule has 0 saturated carbocycles. The molecule has 6 nitrogen and oxygen atoms in total. The average Bonchev–Trinajstić information content (AvgIpc) is 2.77. The molecule has 6 heteroatoms. The van der Waals surface area contributed by atoms with Crippen molar-refractivity contribution >= 4 is 6.09 Å². The predicted octanol–water partition coefficient (Wildman–Crippen LogP) is 1.55. The first kappa shape index (κ1) is 18.7. The number of aliphatic hydroxyl groups is 2. The van der Waals surface area contributed by atoms with Gasteiger partial charge in [0, 0.05) is 31.7 Å². The van der Waals surface area contributed by atoms with Gasteiger partial charge in [0.1, 0.15) is 0 Å². The maximum atomic E-state index is 11.3. The van der Waals surface area contributed by atoms with Gasteiger partial charge in [0.25, 0.3) is 0 Å². The van der Waals surface area contributed by atoms with Gasteiger partial charge in [-0.25, -0.2) is 4.79 Å². The molecule has 1 aromatic rings. The number of β-amino-alcohol motifs (C(OH)–C–C–N with tert-alkyl or cyclic N) is 2. The first-order chi connectivity index (χ1) is 11.2. The van der Waals surface area contributed by atoms with Crippen LogP contribution in [0.15, 0.2) is 24.3 Å². The molecule has 3 N–H and O–H groups in total. The second-order valence-corrected chi connectivity index (χ2v) is 7.50. The van der Waals surface area contributed by atoms with Gasteiger partial charge in [-0.05, 0) is 38.3 Å². The molecule has 24 heavy (non-hydrogen) atoms. The third-order valence-corrected chi connectivity index (χ3v) is 4.43. The topological polar surface area (TPSA) is 84.2 Å². The van der Waals surface area contributed by atoms with Crippen LogP contribution in [-0.2, 0) is 13.0 Å². The smallest absolute Gasteiger partial charge is 0.407 e. The lowest BCUT2D eigenvalue weighted by atomic mass is 10.0. The molecular weight excluding hydrogens is 308 g/mol. The molecule has 0 spiro atoms. The molecule has 134 valence electrons. The summed E-state index contributed by atoms with van der Waals surface area (Å²) in [5.74, 6) is 0. The Morgan fingerprint density at radius 2 is 1.62 bits per heavy atom. The van der Waals surface area contributed by atoms with Crippen molar-refractivity contribution in [2.24, 2.45) is 0 Å². The van der Waals surface area contributed by atoms with Crippen molar-refractivity contribution < 1.29 is 20.1 Å². The molecule has 0 aliphatic carbocycles. The van der Waals surface area contributed by atoms with Gasteiger partial charge in [0.15, 0.2) is 0 Å². The van der Waals surface area contributed by atoms with E-state index in [-0.39, 0.29) is 0 Å². The molecule has 1 aliphatic heterocycles. The molecular formula is C18H28N2O4. The number of aliphatic hydroxyl groups excluding tert-OH is 2. The van der Waals surface area contributed by atoms with Gasteiger partial charge in [-0.15, -0.1) is 0 Å². The van der Waals surface area contributed by atoms with Crippen LogP contribution in [0.5, 0.6) is 0 Å². The lowest BCUT2D eigenvalue weighted by molar-refractivity contribution is 0.0572. The summed E-state index contributed by atoms with van der Waals surface area (Å²) in [4.78, 5) is 14.8. The highest BCUT2D eigenvalue weighted by Gasteiger charge is 2.29. The van der Waals surface area contributed by atoms with Gasteiger partial charge in [-0.1, -0.05) is 24.3 Å². The normalized spacial score (nSPS) is 21.9. The Morgan fingerprint density at radius 1 is 1.12 bits per heavy atom. The summed E-state index contributed by atoms with van der Waals surface area (Å²) in [6.07, 6.45) is -1.55. The van der Waals surface area contributed by atoms with Crippen molar-refractivity contribution in [3.63, 3.8) is 0 Å². The minimum absolute atomic E-state index is 0.413. The molecule has 2 rings (SSSR count). The molecule has 0 aromatic heterocycles. The number of hydrogen-bond donors (Lipinski definition) is 3. The highest BCUT2D eigenvalue weighted by Crippen LogP contribution is 2.17. The van der Waals surface area contributed by atoms with Gasteiger partial charge in [-0.2, -0.15) is 0 Å². The van der Waals surface area contributed by atoms with Crippen LogP contribution >= 0.6 is 0 Å². The Labute approximate surface area is 143 Å². The van der Waals surface area contributed by atoms with Crippen LogP contribution in [0.1, 0.15) is 31.9 Å². The number of benzene rings is 1. The van der Waals surface area contributed by atoms with E-state index < -0.39 is 23.8 Å². The Morgan fingerprint density at radius 3 is 2.08 bits per heavy atom. The van der Waals surface area contributed by atoms with E-state index >= 15 is 0 Å². The Hall–Kier alpha value is -1.63. The van der Waals surface area contributed by atoms with Crippen LogP contribution < -0.4 is 0 Å². The number of likely N-dealkylation sites (tertiary alicyclic amines) is 1. The zero-order valence-corrected chi connectivity index (χ0v) is 14.6. The molecule has 1 heterocycles. The number of hydrogen-bond acceptors (Lipinski definition) is 4. The zero-order chi connectivity index (χ0) is 17.9. The standard InChI is InChI=1S/C18H28N2O4/c1-18(2,3)20(17(23)24)9-8-13-4-6-14(7-5-13)10-19-11-15(21)16(22)12-19/h4-7,15-16,21-22H,8-12H2,1-3H3,(H,23,24). The second kappa shape index (κ2) is 7.51. The van der Waals surface area contributed by atoms with E-state index in [1.165, 1.54) is 4.90 Å². The molecule has 2 atom stereocenters. The van der Waals surface area contributed by atoms with E-state index in [1.54, 1.807) is 0 Å². The molecule has 0 radical (unpaired) electrons. The lowest BCUT2D eigenvalue weighted by Gasteiger charge is -2.33. The van der Waals surface area contributed by atoms with Crippen molar-refractivity contribution in [3.8, 4) is 0 Å². The molecule has 1 aromatic carbocycles. The van der Waals surface area contributed by atoms with Crippen molar-refractivity contribution in [1.29, 1.82) is 0 Å². The van der Waals surface area contributed by atoms with Gasteiger partial charge in [0.2, 0.25) is 0 Å². The van der Waals surface area contributed by atoms with Crippen LogP contribution in [0.4, 0.5) is 4.79 Å². The summed E-state index contributed by atoms with van der Waals surface area (Å²) in [7, 11) is 0. The lowest BCUT2D eigenvalue weighted by Crippen LogP contribution is -2.45. The van der Waals surface area contributed by atoms with Crippen molar-refractivity contribution in [2.45, 2.75) is 51.5 Å². The third-order valence-electron chi connectivity index (χ3n) is 4.43. The van der Waals surface area contributed by atoms with Crippen LogP contribution in [0.25, 0.3) is 0 Å². The van der Waals surface area contributed by atoms with Gasteiger partial charge in [0.05, 0.1) is 12.2 Å². The molecule has 1 saturated heterocycles. The second-order valence-electron chi connectivity index (χ2n) is 7.50. The highest BCUT2D eigenvalue weighted by atomic mass is 16.4. The fourth-order valence-electron chi connectivity index (χ4n) is 3.00. The number of amides is 1. The molecule has 0 bridgehead atoms. The van der Waals surface area contributed by atoms with Gasteiger partial charge in [-0.3, -0.25) is 4.90 Å². The number of carboxylic acid groups (broad SMARTS) is 1. The summed E-state index contributed by atoms with van der Waals surface area (Å²) >= 11 is 0. The van der Waals surface area contributed by atoms with Crippen LogP contribution in [0, 0.1) is 0 Å². The fraction of sp³-hybridized carbons (Fsp3) is 0.611. The maximum absolute atomic E-state index is 11.3. The van der Waals surface area contributed by atoms with Crippen molar-refractivity contribution in [1.82, 2.24) is 9.80 Å². The van der Waals surface area contributed by atoms with Crippen LogP contribution in [0.2, 0.25) is 0 Å². The van der Waals surface area contributed by atoms with Gasteiger partial charge < -0.3 is 20.2 Å². The summed E-state index contributed by atoms with van der Waals surface area (Å²) < 4.78 is 0. The largest absolute Gasteiger partial charge is 0.465 e. The van der Waals surface area contributed by atoms with Crippen LogP contribution in [0.3, 0.4) is 0 Å². The van der Waals surface area contributed by atoms with E-state index in [0.717, 1.165) is 11.1 Å². The van der Waals surface area contributed by atoms with E-state index in [4.69, 9.17) is 0 Å². The van der Waals surface area contributed by atoms with E-state index in [0.29, 0.717) is 32.6 Å². The number of nitrogens with zero attached hydrogens (tertiary/aromatic N) is 2. The monoisotopic (exact) mass is 336 g/mol. The Bertz CT molecular complexity index is 543. The summed E-state index contributed by atoms with van der Waals surface area (Å²) in [5, 5.41) is 28.5. The molecule has 1 fully saturated rings. The Balaban J connectivity index is 1.89. The minimum atomic E-state index is -0.898. The number of carbonyl (C=O) groups is 1. The molecule has 1 aliphatic rings. The summed E-state index contributed by atoms with van der Waals surface area (Å²) in [5.41, 5.74) is 1.80. The minimum Gasteiger partial charge on any atom is -0.465 e. The van der Waals surface area contributed by atoms with E-state index in [2.05, 4.69) is 0 Å². The zero-order valence-electron chi connectivity index (χ0n) is 14.6. The van der Waals surface area contributed by atoms with Crippen LogP contribution in [-0.4, -0.2) is 68.6 Å². The van der Waals surface area contributed by atoms with E-state index in [9.17, 15) is 20.1 Å². The Kier molecular flexibility index (Phi) is 5.85. The van der Waals surface area contributed by atoms with Crippen molar-refractivity contribution in [3.05, 3.63) is 35.4 Å². The summed E-state index contributed by atoms with van der Waals surface area (Å²) in [6.45, 7) is 7.81. The predicted molar refractivity (Wildman–Crippen MR) is 91.9 cm³/mol. The number of rotatable bonds is 5. The maximum Gasteiger partial charge on any atom is 0.407 e. The quantitative estimate of drug-likeness (QED) is 0.760. The third kappa shape index (κ3) is 4.93. The first-order valence-electron chi connectivity index (χ1n) is 8.33. The highest BCUT2D eigenvalue weighted by molar-refractivity contribution is 5.66. The fourth-order valence-corrected chi connectivity index (χ4v) is 3.00. The first-order valence-corrected chi connectivity index (χ1v) is 8.33. The molecule has 1 amide bonds.